The van der Waals surface area contributed by atoms with Crippen molar-refractivity contribution < 1.29 is 19.1 Å². The summed E-state index contributed by atoms with van der Waals surface area (Å²) in [4.78, 5) is 14.1. The van der Waals surface area contributed by atoms with Crippen LogP contribution < -0.4 is 0 Å². The first-order chi connectivity index (χ1) is 5.65. The average molecular weight is 171 g/mol. The molecule has 0 aliphatic heterocycles. The van der Waals surface area contributed by atoms with E-state index in [0.717, 1.165) is 6.26 Å². The van der Waals surface area contributed by atoms with Gasteiger partial charge in [0.25, 0.3) is 0 Å². The lowest BCUT2D eigenvalue weighted by atomic mass is 10.4. The fourth-order valence-corrected chi connectivity index (χ4v) is 0.673. The molecule has 5 heteroatoms. The Labute approximate surface area is 69.0 Å². The summed E-state index contributed by atoms with van der Waals surface area (Å²) in [6, 6.07) is 0. The number of hydrogen-bond donors (Lipinski definition) is 1. The average Bonchev–Trinajstić information content (AvgIpc) is 2.51. The molecular weight excluding hydrogens is 162 g/mol. The van der Waals surface area contributed by atoms with Gasteiger partial charge < -0.3 is 14.3 Å². The van der Waals surface area contributed by atoms with Gasteiger partial charge in [0.15, 0.2) is 5.69 Å². The lowest BCUT2D eigenvalue weighted by molar-refractivity contribution is 0.0690. The quantitative estimate of drug-likeness (QED) is 0.736. The Hall–Kier alpha value is -1.36. The van der Waals surface area contributed by atoms with Gasteiger partial charge in [-0.25, -0.2) is 9.78 Å². The van der Waals surface area contributed by atoms with Gasteiger partial charge >= 0.3 is 5.97 Å². The molecule has 12 heavy (non-hydrogen) atoms. The second-order valence-corrected chi connectivity index (χ2v) is 2.25. The maximum atomic E-state index is 10.4. The molecule has 1 heterocycles. The van der Waals surface area contributed by atoms with Crippen LogP contribution in [0.2, 0.25) is 0 Å². The van der Waals surface area contributed by atoms with E-state index in [1.807, 2.05) is 0 Å². The summed E-state index contributed by atoms with van der Waals surface area (Å²) in [6.45, 7) is 1.72. The largest absolute Gasteiger partial charge is 0.476 e. The molecule has 0 aliphatic carbocycles. The van der Waals surface area contributed by atoms with E-state index in [0.29, 0.717) is 0 Å². The monoisotopic (exact) mass is 171 g/mol. The second-order valence-electron chi connectivity index (χ2n) is 2.25. The molecule has 0 spiro atoms. The van der Waals surface area contributed by atoms with Gasteiger partial charge in [-0.05, 0) is 6.92 Å². The van der Waals surface area contributed by atoms with Crippen molar-refractivity contribution in [3.05, 3.63) is 17.8 Å². The minimum Gasteiger partial charge on any atom is -0.476 e. The first-order valence-electron chi connectivity index (χ1n) is 3.36. The molecule has 1 N–H and O–H groups in total. The van der Waals surface area contributed by atoms with Crippen molar-refractivity contribution >= 4 is 5.97 Å². The van der Waals surface area contributed by atoms with E-state index in [2.05, 4.69) is 4.98 Å². The van der Waals surface area contributed by atoms with E-state index in [1.54, 1.807) is 6.92 Å². The van der Waals surface area contributed by atoms with E-state index in [9.17, 15) is 4.79 Å². The molecule has 0 saturated carbocycles. The highest BCUT2D eigenvalue weighted by Gasteiger charge is 2.14. The van der Waals surface area contributed by atoms with Crippen LogP contribution >= 0.6 is 0 Å². The third-order valence-electron chi connectivity index (χ3n) is 1.44. The summed E-state index contributed by atoms with van der Waals surface area (Å²) in [5.74, 6) is -0.830. The van der Waals surface area contributed by atoms with Gasteiger partial charge in [-0.2, -0.15) is 0 Å². The summed E-state index contributed by atoms with van der Waals surface area (Å²) in [6.07, 6.45) is 0.769. The highest BCUT2D eigenvalue weighted by Crippen LogP contribution is 2.14. The number of nitrogens with zero attached hydrogens (tertiary/aromatic N) is 1. The molecule has 0 bridgehead atoms. The van der Waals surface area contributed by atoms with Crippen LogP contribution in [0.4, 0.5) is 0 Å². The van der Waals surface area contributed by atoms with Gasteiger partial charge in [0.05, 0.1) is 0 Å². The van der Waals surface area contributed by atoms with E-state index >= 15 is 0 Å². The number of aromatic nitrogens is 1. The fraction of sp³-hybridized carbons (Fsp3) is 0.429. The number of aromatic carboxylic acids is 1. The number of rotatable bonds is 3. The SMILES string of the molecule is CO[C@H](C)c1nc(C(=O)O)co1. The summed E-state index contributed by atoms with van der Waals surface area (Å²) < 4.78 is 9.74. The van der Waals surface area contributed by atoms with Crippen molar-refractivity contribution in [1.29, 1.82) is 0 Å². The molecule has 0 amide bonds. The van der Waals surface area contributed by atoms with Crippen LogP contribution in [0.5, 0.6) is 0 Å². The van der Waals surface area contributed by atoms with Crippen LogP contribution in [0.25, 0.3) is 0 Å². The molecule has 0 unspecified atom stereocenters. The number of oxazole rings is 1. The third kappa shape index (κ3) is 1.62. The molecule has 1 aromatic rings. The highest BCUT2D eigenvalue weighted by atomic mass is 16.5. The van der Waals surface area contributed by atoms with Crippen LogP contribution in [0.3, 0.4) is 0 Å². The molecule has 66 valence electrons. The fourth-order valence-electron chi connectivity index (χ4n) is 0.673. The zero-order valence-corrected chi connectivity index (χ0v) is 6.77. The zero-order chi connectivity index (χ0) is 9.14. The first kappa shape index (κ1) is 8.73. The molecule has 0 fully saturated rings. The predicted octanol–water partition coefficient (Wildman–Crippen LogP) is 1.08. The Morgan fingerprint density at radius 2 is 2.50 bits per heavy atom. The number of carboxylic acids is 1. The van der Waals surface area contributed by atoms with Crippen molar-refractivity contribution in [3.8, 4) is 0 Å². The van der Waals surface area contributed by atoms with Crippen molar-refractivity contribution in [2.75, 3.05) is 7.11 Å². The molecule has 1 aromatic heterocycles. The van der Waals surface area contributed by atoms with Crippen molar-refractivity contribution in [3.63, 3.8) is 0 Å². The number of carbonyl (C=O) groups is 1. The smallest absolute Gasteiger partial charge is 0.357 e. The van der Waals surface area contributed by atoms with Crippen LogP contribution in [-0.2, 0) is 4.74 Å². The first-order valence-corrected chi connectivity index (χ1v) is 3.36. The maximum Gasteiger partial charge on any atom is 0.357 e. The standard InChI is InChI=1S/C7H9NO4/c1-4(11-2)6-8-5(3-12-6)7(9)10/h3-4H,1-2H3,(H,9,10)/t4-/m1/s1. The summed E-state index contributed by atoms with van der Waals surface area (Å²) >= 11 is 0. The predicted molar refractivity (Wildman–Crippen MR) is 38.9 cm³/mol. The van der Waals surface area contributed by atoms with E-state index < -0.39 is 5.97 Å². The van der Waals surface area contributed by atoms with E-state index in [4.69, 9.17) is 14.3 Å². The second kappa shape index (κ2) is 3.36. The van der Waals surface area contributed by atoms with E-state index in [1.165, 1.54) is 7.11 Å². The molecule has 1 rings (SSSR count). The summed E-state index contributed by atoms with van der Waals surface area (Å²) in [5.41, 5.74) is -0.103. The Kier molecular flexibility index (Phi) is 2.44. The molecule has 0 saturated heterocycles. The number of ether oxygens (including phenoxy) is 1. The minimum atomic E-state index is -1.10. The Bertz CT molecular complexity index is 281. The van der Waals surface area contributed by atoms with Gasteiger partial charge in [-0.3, -0.25) is 0 Å². The lowest BCUT2D eigenvalue weighted by Gasteiger charge is -2.01. The Morgan fingerprint density at radius 3 is 2.92 bits per heavy atom. The van der Waals surface area contributed by atoms with Crippen LogP contribution in [0.15, 0.2) is 10.7 Å². The van der Waals surface area contributed by atoms with Crippen LogP contribution in [-0.4, -0.2) is 23.2 Å². The van der Waals surface area contributed by atoms with E-state index in [-0.39, 0.29) is 17.7 Å². The Balaban J connectivity index is 2.84. The van der Waals surface area contributed by atoms with Crippen molar-refractivity contribution in [2.45, 2.75) is 13.0 Å². The van der Waals surface area contributed by atoms with Gasteiger partial charge in [0.2, 0.25) is 5.89 Å². The van der Waals surface area contributed by atoms with Gasteiger partial charge in [-0.15, -0.1) is 0 Å². The van der Waals surface area contributed by atoms with Gasteiger partial charge in [0, 0.05) is 7.11 Å². The zero-order valence-electron chi connectivity index (χ0n) is 6.77. The van der Waals surface area contributed by atoms with Crippen molar-refractivity contribution in [1.82, 2.24) is 4.98 Å². The maximum absolute atomic E-state index is 10.4. The topological polar surface area (TPSA) is 72.6 Å². The Morgan fingerprint density at radius 1 is 1.83 bits per heavy atom. The van der Waals surface area contributed by atoms with Crippen LogP contribution in [0.1, 0.15) is 29.4 Å². The molecule has 0 aliphatic rings. The van der Waals surface area contributed by atoms with Crippen LogP contribution in [0, 0.1) is 0 Å². The highest BCUT2D eigenvalue weighted by molar-refractivity contribution is 5.84. The number of hydrogen-bond acceptors (Lipinski definition) is 4. The number of carboxylic acid groups (broad SMARTS) is 1. The van der Waals surface area contributed by atoms with Gasteiger partial charge in [-0.1, -0.05) is 0 Å². The molecule has 0 radical (unpaired) electrons. The normalized spacial score (nSPS) is 12.8. The van der Waals surface area contributed by atoms with Crippen molar-refractivity contribution in [2.24, 2.45) is 0 Å². The number of methoxy groups -OCH3 is 1. The summed E-state index contributed by atoms with van der Waals surface area (Å²) in [5, 5.41) is 8.49. The molecule has 0 aromatic carbocycles. The molecule has 5 nitrogen and oxygen atoms in total. The van der Waals surface area contributed by atoms with Gasteiger partial charge in [0.1, 0.15) is 12.4 Å². The third-order valence-corrected chi connectivity index (χ3v) is 1.44. The minimum absolute atomic E-state index is 0.103. The molecular formula is C7H9NO4. The molecule has 1 atom stereocenters. The summed E-state index contributed by atoms with van der Waals surface area (Å²) in [7, 11) is 1.50. The lowest BCUT2D eigenvalue weighted by Crippen LogP contribution is -1.99.